The summed E-state index contributed by atoms with van der Waals surface area (Å²) in [6.07, 6.45) is 4.00. The maximum atomic E-state index is 5.82. The monoisotopic (exact) mass is 232 g/mol. The van der Waals surface area contributed by atoms with Gasteiger partial charge in [-0.2, -0.15) is 0 Å². The molecule has 0 fully saturated rings. The molecule has 88 valence electrons. The van der Waals surface area contributed by atoms with E-state index in [0.29, 0.717) is 12.5 Å². The first-order valence-corrected chi connectivity index (χ1v) is 5.60. The molecule has 0 saturated heterocycles. The Bertz CT molecular complexity index is 212. The number of hydrogen-bond donors (Lipinski definition) is 0. The zero-order valence-corrected chi connectivity index (χ0v) is 10.6. The van der Waals surface area contributed by atoms with Crippen LogP contribution in [0.15, 0.2) is 23.8 Å². The van der Waals surface area contributed by atoms with E-state index in [0.717, 1.165) is 18.4 Å². The molecule has 1 unspecified atom stereocenters. The first-order valence-electron chi connectivity index (χ1n) is 5.06. The first-order chi connectivity index (χ1) is 7.15. The molecule has 2 nitrogen and oxygen atoms in total. The number of hydrogen-bond acceptors (Lipinski definition) is 2. The van der Waals surface area contributed by atoms with Gasteiger partial charge in [-0.15, -0.1) is 11.6 Å². The summed E-state index contributed by atoms with van der Waals surface area (Å²) in [6, 6.07) is 0. The van der Waals surface area contributed by atoms with Crippen molar-refractivity contribution in [2.75, 3.05) is 26.7 Å². The molecule has 0 N–H and O–H groups in total. The van der Waals surface area contributed by atoms with E-state index in [1.165, 1.54) is 5.57 Å². The van der Waals surface area contributed by atoms with E-state index in [9.17, 15) is 0 Å². The van der Waals surface area contributed by atoms with Crippen molar-refractivity contribution in [3.05, 3.63) is 23.8 Å². The van der Waals surface area contributed by atoms with Gasteiger partial charge in [0, 0.05) is 20.1 Å². The number of rotatable bonds is 8. The third-order valence-corrected chi connectivity index (χ3v) is 2.62. The molecule has 3 heteroatoms. The van der Waals surface area contributed by atoms with Crippen LogP contribution in [0.5, 0.6) is 0 Å². The Morgan fingerprint density at radius 2 is 2.13 bits per heavy atom. The largest absolute Gasteiger partial charge is 0.381 e. The predicted octanol–water partition coefficient (Wildman–Crippen LogP) is 3.17. The first kappa shape index (κ1) is 14.7. The highest BCUT2D eigenvalue weighted by Crippen LogP contribution is 2.15. The molecule has 1 atom stereocenters. The molecule has 0 radical (unpaired) electrons. The van der Waals surface area contributed by atoms with Crippen LogP contribution in [0.2, 0.25) is 0 Å². The van der Waals surface area contributed by atoms with E-state index in [1.807, 2.05) is 13.0 Å². The molecule has 15 heavy (non-hydrogen) atoms. The summed E-state index contributed by atoms with van der Waals surface area (Å²) in [6.45, 7) is 6.49. The van der Waals surface area contributed by atoms with Gasteiger partial charge in [0.1, 0.15) is 0 Å². The molecular formula is C12H21ClO2. The standard InChI is InChI=1S/C12H21ClO2/c1-10(2)12(15-4)6-5-11(9-13)7-8-14-3/h7,12H,1,5-6,8-9H2,2-4H3. The number of ether oxygens (including phenoxy) is 2. The fourth-order valence-corrected chi connectivity index (χ4v) is 1.55. The zero-order chi connectivity index (χ0) is 11.7. The normalized spacial score (nSPS) is 14.0. The Kier molecular flexibility index (Phi) is 8.77. The van der Waals surface area contributed by atoms with Gasteiger partial charge < -0.3 is 9.47 Å². The Morgan fingerprint density at radius 3 is 2.53 bits per heavy atom. The molecule has 0 aliphatic carbocycles. The summed E-state index contributed by atoms with van der Waals surface area (Å²) in [5.41, 5.74) is 2.25. The molecule has 0 heterocycles. The van der Waals surface area contributed by atoms with Gasteiger partial charge in [0.25, 0.3) is 0 Å². The van der Waals surface area contributed by atoms with E-state index in [4.69, 9.17) is 21.1 Å². The molecule has 0 rings (SSSR count). The second kappa shape index (κ2) is 8.96. The number of halogens is 1. The molecule has 0 aliphatic rings. The average molecular weight is 233 g/mol. The van der Waals surface area contributed by atoms with Crippen LogP contribution in [-0.2, 0) is 9.47 Å². The quantitative estimate of drug-likeness (QED) is 0.473. The van der Waals surface area contributed by atoms with Crippen LogP contribution in [0.4, 0.5) is 0 Å². The maximum absolute atomic E-state index is 5.82. The van der Waals surface area contributed by atoms with Crippen LogP contribution >= 0.6 is 11.6 Å². The summed E-state index contributed by atoms with van der Waals surface area (Å²) in [7, 11) is 3.38. The Hall–Kier alpha value is -0.310. The predicted molar refractivity (Wildman–Crippen MR) is 65.5 cm³/mol. The third kappa shape index (κ3) is 6.72. The van der Waals surface area contributed by atoms with Gasteiger partial charge in [0.05, 0.1) is 12.7 Å². The van der Waals surface area contributed by atoms with Gasteiger partial charge >= 0.3 is 0 Å². The van der Waals surface area contributed by atoms with Crippen molar-refractivity contribution in [3.63, 3.8) is 0 Å². The molecule has 0 bridgehead atoms. The van der Waals surface area contributed by atoms with E-state index in [-0.39, 0.29) is 6.10 Å². The van der Waals surface area contributed by atoms with Gasteiger partial charge in [-0.25, -0.2) is 0 Å². The summed E-state index contributed by atoms with van der Waals surface area (Å²) in [5.74, 6) is 0.552. The van der Waals surface area contributed by atoms with Gasteiger partial charge in [0.15, 0.2) is 0 Å². The number of allylic oxidation sites excluding steroid dienone is 1. The van der Waals surface area contributed by atoms with E-state index in [2.05, 4.69) is 6.58 Å². The Balaban J connectivity index is 4.03. The molecule has 0 amide bonds. The lowest BCUT2D eigenvalue weighted by atomic mass is 10.0. The van der Waals surface area contributed by atoms with Gasteiger partial charge in [-0.3, -0.25) is 0 Å². The smallest absolute Gasteiger partial charge is 0.0779 e. The van der Waals surface area contributed by atoms with Crippen LogP contribution in [0.1, 0.15) is 19.8 Å². The van der Waals surface area contributed by atoms with E-state index in [1.54, 1.807) is 14.2 Å². The summed E-state index contributed by atoms with van der Waals surface area (Å²) >= 11 is 5.82. The van der Waals surface area contributed by atoms with Crippen molar-refractivity contribution in [1.82, 2.24) is 0 Å². The minimum Gasteiger partial charge on any atom is -0.381 e. The maximum Gasteiger partial charge on any atom is 0.0779 e. The fourth-order valence-electron chi connectivity index (χ4n) is 1.31. The molecule has 0 aromatic rings. The third-order valence-electron chi connectivity index (χ3n) is 2.27. The topological polar surface area (TPSA) is 18.5 Å². The van der Waals surface area contributed by atoms with Crippen molar-refractivity contribution in [3.8, 4) is 0 Å². The SMILES string of the molecule is C=C(C)C(CCC(=CCOC)CCl)OC. The molecule has 0 aliphatic heterocycles. The highest BCUT2D eigenvalue weighted by atomic mass is 35.5. The zero-order valence-electron chi connectivity index (χ0n) is 9.88. The minimum absolute atomic E-state index is 0.124. The van der Waals surface area contributed by atoms with Crippen LogP contribution in [-0.4, -0.2) is 32.8 Å². The molecular weight excluding hydrogens is 212 g/mol. The minimum atomic E-state index is 0.124. The van der Waals surface area contributed by atoms with Crippen molar-refractivity contribution >= 4 is 11.6 Å². The van der Waals surface area contributed by atoms with E-state index >= 15 is 0 Å². The Labute approximate surface area is 97.9 Å². The summed E-state index contributed by atoms with van der Waals surface area (Å²) in [4.78, 5) is 0. The van der Waals surface area contributed by atoms with Crippen molar-refractivity contribution < 1.29 is 9.47 Å². The van der Waals surface area contributed by atoms with Crippen LogP contribution in [0.25, 0.3) is 0 Å². The lowest BCUT2D eigenvalue weighted by Gasteiger charge is -2.15. The number of methoxy groups -OCH3 is 2. The van der Waals surface area contributed by atoms with Crippen LogP contribution < -0.4 is 0 Å². The Morgan fingerprint density at radius 1 is 1.47 bits per heavy atom. The summed E-state index contributed by atoms with van der Waals surface area (Å²) < 4.78 is 10.3. The van der Waals surface area contributed by atoms with Gasteiger partial charge in [-0.05, 0) is 19.8 Å². The molecule has 0 saturated carbocycles. The average Bonchev–Trinajstić information content (AvgIpc) is 2.23. The second-order valence-electron chi connectivity index (χ2n) is 3.56. The second-order valence-corrected chi connectivity index (χ2v) is 3.83. The number of alkyl halides is 1. The van der Waals surface area contributed by atoms with Gasteiger partial charge in [0.2, 0.25) is 0 Å². The highest BCUT2D eigenvalue weighted by molar-refractivity contribution is 6.19. The van der Waals surface area contributed by atoms with Crippen LogP contribution in [0, 0.1) is 0 Å². The van der Waals surface area contributed by atoms with Crippen LogP contribution in [0.3, 0.4) is 0 Å². The van der Waals surface area contributed by atoms with Crippen molar-refractivity contribution in [1.29, 1.82) is 0 Å². The highest BCUT2D eigenvalue weighted by Gasteiger charge is 2.08. The van der Waals surface area contributed by atoms with Crippen molar-refractivity contribution in [2.24, 2.45) is 0 Å². The lowest BCUT2D eigenvalue weighted by molar-refractivity contribution is 0.125. The fraction of sp³-hybridized carbons (Fsp3) is 0.667. The molecule has 0 aromatic carbocycles. The van der Waals surface area contributed by atoms with Crippen molar-refractivity contribution in [2.45, 2.75) is 25.9 Å². The summed E-state index contributed by atoms with van der Waals surface area (Å²) in [5, 5.41) is 0. The molecule has 0 aromatic heterocycles. The van der Waals surface area contributed by atoms with Gasteiger partial charge in [-0.1, -0.05) is 23.8 Å². The van der Waals surface area contributed by atoms with E-state index < -0.39 is 0 Å². The molecule has 0 spiro atoms. The lowest BCUT2D eigenvalue weighted by Crippen LogP contribution is -2.11.